The van der Waals surface area contributed by atoms with Gasteiger partial charge in [0.2, 0.25) is 0 Å². The maximum atomic E-state index is 12.9. The van der Waals surface area contributed by atoms with Crippen molar-refractivity contribution in [3.05, 3.63) is 48.0 Å². The van der Waals surface area contributed by atoms with Crippen LogP contribution >= 0.6 is 0 Å². The lowest BCUT2D eigenvalue weighted by atomic mass is 10.2. The zero-order chi connectivity index (χ0) is 17.3. The minimum Gasteiger partial charge on any atom is -0.487 e. The molecule has 4 nitrogen and oxygen atoms in total. The van der Waals surface area contributed by atoms with Gasteiger partial charge in [0.15, 0.2) is 5.75 Å². The summed E-state index contributed by atoms with van der Waals surface area (Å²) in [5, 5.41) is 0. The van der Waals surface area contributed by atoms with Crippen LogP contribution in [0.2, 0.25) is 0 Å². The first-order chi connectivity index (χ1) is 11.4. The Morgan fingerprint density at radius 2 is 2.00 bits per heavy atom. The van der Waals surface area contributed by atoms with Crippen molar-refractivity contribution in [2.24, 2.45) is 0 Å². The van der Waals surface area contributed by atoms with E-state index in [9.17, 15) is 17.6 Å². The number of imidazole rings is 1. The Morgan fingerprint density at radius 3 is 2.71 bits per heavy atom. The first-order valence-corrected chi connectivity index (χ1v) is 7.11. The number of ether oxygens (including phenoxy) is 1. The maximum Gasteiger partial charge on any atom is 0.416 e. The molecule has 0 amide bonds. The second-order valence-corrected chi connectivity index (χ2v) is 5.08. The van der Waals surface area contributed by atoms with Crippen molar-refractivity contribution in [3.8, 4) is 11.4 Å². The van der Waals surface area contributed by atoms with Crippen molar-refractivity contribution in [3.63, 3.8) is 0 Å². The number of hydrogen-bond donors (Lipinski definition) is 0. The van der Waals surface area contributed by atoms with Gasteiger partial charge in [-0.3, -0.25) is 9.55 Å². The molecule has 0 atom stereocenters. The Kier molecular flexibility index (Phi) is 4.13. The van der Waals surface area contributed by atoms with E-state index in [2.05, 4.69) is 9.97 Å². The molecule has 0 bridgehead atoms. The summed E-state index contributed by atoms with van der Waals surface area (Å²) in [7, 11) is 0. The van der Waals surface area contributed by atoms with Gasteiger partial charge < -0.3 is 4.74 Å². The van der Waals surface area contributed by atoms with Gasteiger partial charge in [0.1, 0.15) is 19.1 Å². The van der Waals surface area contributed by atoms with Gasteiger partial charge in [0.05, 0.1) is 28.5 Å². The summed E-state index contributed by atoms with van der Waals surface area (Å²) in [4.78, 5) is 8.13. The summed E-state index contributed by atoms with van der Waals surface area (Å²) in [5.41, 5.74) is 0.494. The normalized spacial score (nSPS) is 11.9. The summed E-state index contributed by atoms with van der Waals surface area (Å²) in [5.74, 6) is 0.818. The second kappa shape index (κ2) is 6.10. The molecule has 3 rings (SSSR count). The average molecular weight is 339 g/mol. The lowest BCUT2D eigenvalue weighted by Gasteiger charge is -2.13. The van der Waals surface area contributed by atoms with E-state index in [1.165, 1.54) is 18.5 Å². The highest BCUT2D eigenvalue weighted by Crippen LogP contribution is 2.33. The van der Waals surface area contributed by atoms with E-state index in [-0.39, 0.29) is 12.1 Å². The molecule has 8 heteroatoms. The Labute approximate surface area is 134 Å². The van der Waals surface area contributed by atoms with Gasteiger partial charge in [-0.15, -0.1) is 0 Å². The van der Waals surface area contributed by atoms with Crippen LogP contribution in [0.15, 0.2) is 36.7 Å². The number of fused-ring (bicyclic) bond motifs is 1. The van der Waals surface area contributed by atoms with E-state index in [4.69, 9.17) is 4.74 Å². The number of halogens is 4. The summed E-state index contributed by atoms with van der Waals surface area (Å²) in [6, 6.07) is 5.00. The monoisotopic (exact) mass is 339 g/mol. The zero-order valence-electron chi connectivity index (χ0n) is 12.6. The lowest BCUT2D eigenvalue weighted by molar-refractivity contribution is -0.137. The largest absolute Gasteiger partial charge is 0.487 e. The second-order valence-electron chi connectivity index (χ2n) is 5.08. The number of pyridine rings is 1. The Balaban J connectivity index is 2.16. The molecule has 0 aliphatic carbocycles. The maximum absolute atomic E-state index is 12.9. The molecule has 0 saturated heterocycles. The fourth-order valence-electron chi connectivity index (χ4n) is 2.50. The van der Waals surface area contributed by atoms with Crippen LogP contribution in [0.1, 0.15) is 11.4 Å². The smallest absolute Gasteiger partial charge is 0.416 e. The topological polar surface area (TPSA) is 39.9 Å². The summed E-state index contributed by atoms with van der Waals surface area (Å²) in [6.45, 7) is 0.877. The highest BCUT2D eigenvalue weighted by Gasteiger charge is 2.31. The predicted molar refractivity (Wildman–Crippen MR) is 80.1 cm³/mol. The van der Waals surface area contributed by atoms with Crippen LogP contribution < -0.4 is 4.74 Å². The van der Waals surface area contributed by atoms with E-state index in [0.717, 1.165) is 12.1 Å². The Hall–Kier alpha value is -2.64. The highest BCUT2D eigenvalue weighted by atomic mass is 19.4. The van der Waals surface area contributed by atoms with Gasteiger partial charge >= 0.3 is 6.18 Å². The number of nitrogens with zero attached hydrogens (tertiary/aromatic N) is 3. The van der Waals surface area contributed by atoms with Crippen LogP contribution in [-0.2, 0) is 6.18 Å². The molecule has 3 aromatic rings. The molecule has 0 saturated carbocycles. The molecule has 1 aromatic carbocycles. The summed E-state index contributed by atoms with van der Waals surface area (Å²) < 4.78 is 57.9. The minimum atomic E-state index is -4.43. The Morgan fingerprint density at radius 1 is 1.21 bits per heavy atom. The molecular weight excluding hydrogens is 326 g/mol. The van der Waals surface area contributed by atoms with Crippen LogP contribution in [0.25, 0.3) is 16.7 Å². The first kappa shape index (κ1) is 16.2. The molecule has 0 N–H and O–H groups in total. The van der Waals surface area contributed by atoms with Crippen molar-refractivity contribution in [2.75, 3.05) is 13.3 Å². The van der Waals surface area contributed by atoms with E-state index >= 15 is 0 Å². The molecule has 0 spiro atoms. The van der Waals surface area contributed by atoms with Gasteiger partial charge in [0.25, 0.3) is 0 Å². The van der Waals surface area contributed by atoms with E-state index in [0.29, 0.717) is 22.8 Å². The molecule has 0 unspecified atom stereocenters. The average Bonchev–Trinajstić information content (AvgIpc) is 2.87. The summed E-state index contributed by atoms with van der Waals surface area (Å²) in [6.07, 6.45) is -1.48. The molecule has 0 radical (unpaired) electrons. The van der Waals surface area contributed by atoms with Crippen molar-refractivity contribution in [1.29, 1.82) is 0 Å². The van der Waals surface area contributed by atoms with E-state index < -0.39 is 18.4 Å². The van der Waals surface area contributed by atoms with Gasteiger partial charge in [0, 0.05) is 6.20 Å². The van der Waals surface area contributed by atoms with Crippen molar-refractivity contribution in [1.82, 2.24) is 14.5 Å². The van der Waals surface area contributed by atoms with Crippen molar-refractivity contribution in [2.45, 2.75) is 13.1 Å². The molecule has 2 aromatic heterocycles. The minimum absolute atomic E-state index is 0.136. The Bertz CT molecular complexity index is 873. The van der Waals surface area contributed by atoms with Gasteiger partial charge in [-0.25, -0.2) is 9.37 Å². The molecule has 0 aliphatic heterocycles. The van der Waals surface area contributed by atoms with Gasteiger partial charge in [-0.1, -0.05) is 0 Å². The van der Waals surface area contributed by atoms with Crippen LogP contribution in [-0.4, -0.2) is 27.8 Å². The number of rotatable bonds is 4. The number of hydrogen-bond acceptors (Lipinski definition) is 3. The van der Waals surface area contributed by atoms with Gasteiger partial charge in [-0.05, 0) is 31.2 Å². The zero-order valence-corrected chi connectivity index (χ0v) is 12.6. The number of aromatic nitrogens is 3. The molecular formula is C16H13F4N3O. The quantitative estimate of drug-likeness (QED) is 0.672. The van der Waals surface area contributed by atoms with Crippen LogP contribution in [0.4, 0.5) is 17.6 Å². The van der Waals surface area contributed by atoms with E-state index in [1.54, 1.807) is 17.6 Å². The first-order valence-electron chi connectivity index (χ1n) is 7.11. The predicted octanol–water partition coefficient (Wildman–Crippen LogP) is 4.10. The number of benzene rings is 1. The van der Waals surface area contributed by atoms with E-state index in [1.807, 2.05) is 0 Å². The lowest BCUT2D eigenvalue weighted by Crippen LogP contribution is -2.06. The van der Waals surface area contributed by atoms with Crippen molar-refractivity contribution >= 4 is 11.0 Å². The van der Waals surface area contributed by atoms with Gasteiger partial charge in [-0.2, -0.15) is 13.2 Å². The number of alkyl halides is 4. The highest BCUT2D eigenvalue weighted by molar-refractivity contribution is 5.79. The molecule has 0 fully saturated rings. The van der Waals surface area contributed by atoms with Crippen molar-refractivity contribution < 1.29 is 22.3 Å². The fourth-order valence-corrected chi connectivity index (χ4v) is 2.50. The molecule has 126 valence electrons. The molecule has 24 heavy (non-hydrogen) atoms. The molecule has 2 heterocycles. The van der Waals surface area contributed by atoms with Crippen LogP contribution in [0.5, 0.6) is 5.75 Å². The standard InChI is InChI=1S/C16H13F4N3O/c1-10-22-12-8-11(16(18,19)20)2-3-13(12)23(10)14-4-6-21-9-15(14)24-7-5-17/h2-4,6,8-9H,5,7H2,1H3. The number of aryl methyl sites for hydroxylation is 1. The third kappa shape index (κ3) is 2.91. The summed E-state index contributed by atoms with van der Waals surface area (Å²) >= 11 is 0. The van der Waals surface area contributed by atoms with Crippen LogP contribution in [0.3, 0.4) is 0 Å². The third-order valence-electron chi connectivity index (χ3n) is 3.49. The molecule has 0 aliphatic rings. The SMILES string of the molecule is Cc1nc2cc(C(F)(F)F)ccc2n1-c1ccncc1OCCF. The van der Waals surface area contributed by atoms with Crippen LogP contribution in [0, 0.1) is 6.92 Å². The third-order valence-corrected chi connectivity index (χ3v) is 3.49. The fraction of sp³-hybridized carbons (Fsp3) is 0.250.